The summed E-state index contributed by atoms with van der Waals surface area (Å²) < 4.78 is 16.8. The molecule has 1 unspecified atom stereocenters. The monoisotopic (exact) mass is 901 g/mol. The average Bonchev–Trinajstić information content (AvgIpc) is 3.29. The van der Waals surface area contributed by atoms with Crippen molar-refractivity contribution in [3.63, 3.8) is 0 Å². The van der Waals surface area contributed by atoms with Crippen LogP contribution in [0.15, 0.2) is 24.3 Å². The number of carbonyl (C=O) groups excluding carboxylic acids is 3. The summed E-state index contributed by atoms with van der Waals surface area (Å²) in [6.45, 7) is 6.61. The number of hydrogen-bond donors (Lipinski definition) is 0. The first-order chi connectivity index (χ1) is 31.5. The van der Waals surface area contributed by atoms with Crippen molar-refractivity contribution in [1.29, 1.82) is 0 Å². The first kappa shape index (κ1) is 61.9. The molecule has 6 nitrogen and oxygen atoms in total. The van der Waals surface area contributed by atoms with Crippen LogP contribution in [0.2, 0.25) is 0 Å². The van der Waals surface area contributed by atoms with Gasteiger partial charge in [0.15, 0.2) is 6.10 Å². The molecule has 0 aliphatic heterocycles. The quantitative estimate of drug-likeness (QED) is 0.0262. The fourth-order valence-corrected chi connectivity index (χ4v) is 8.42. The lowest BCUT2D eigenvalue weighted by molar-refractivity contribution is -0.167. The van der Waals surface area contributed by atoms with Gasteiger partial charge >= 0.3 is 17.9 Å². The van der Waals surface area contributed by atoms with Gasteiger partial charge < -0.3 is 14.2 Å². The second-order valence-corrected chi connectivity index (χ2v) is 19.2. The van der Waals surface area contributed by atoms with Crippen molar-refractivity contribution in [3.05, 3.63) is 24.3 Å². The van der Waals surface area contributed by atoms with E-state index in [9.17, 15) is 14.4 Å². The summed E-state index contributed by atoms with van der Waals surface area (Å²) in [6, 6.07) is 0. The lowest BCUT2D eigenvalue weighted by atomic mass is 10.0. The Hall–Kier alpha value is -2.11. The number of ether oxygens (including phenoxy) is 3. The molecule has 0 saturated heterocycles. The normalized spacial score (nSPS) is 12.1. The molecule has 0 rings (SSSR count). The largest absolute Gasteiger partial charge is 0.462 e. The van der Waals surface area contributed by atoms with Crippen LogP contribution in [-0.4, -0.2) is 37.2 Å². The summed E-state index contributed by atoms with van der Waals surface area (Å²) in [5.74, 6) is -0.867. The highest BCUT2D eigenvalue weighted by molar-refractivity contribution is 5.71. The predicted molar refractivity (Wildman–Crippen MR) is 275 cm³/mol. The summed E-state index contributed by atoms with van der Waals surface area (Å²) >= 11 is 0. The fourth-order valence-electron chi connectivity index (χ4n) is 8.42. The molecule has 0 bridgehead atoms. The van der Waals surface area contributed by atoms with Gasteiger partial charge in [-0.05, 0) is 51.4 Å². The maximum atomic E-state index is 12.8. The third kappa shape index (κ3) is 50.9. The number of rotatable bonds is 52. The molecular formula is C58H108O6. The molecule has 1 atom stereocenters. The summed E-state index contributed by atoms with van der Waals surface area (Å²) in [5.41, 5.74) is 0. The molecule has 0 spiro atoms. The van der Waals surface area contributed by atoms with Gasteiger partial charge in [-0.2, -0.15) is 0 Å². The molecule has 0 aromatic heterocycles. The Balaban J connectivity index is 4.14. The predicted octanol–water partition coefficient (Wildman–Crippen LogP) is 18.7. The van der Waals surface area contributed by atoms with Crippen molar-refractivity contribution in [2.75, 3.05) is 13.2 Å². The smallest absolute Gasteiger partial charge is 0.306 e. The summed E-state index contributed by atoms with van der Waals surface area (Å²) in [6.07, 6.45) is 61.9. The molecule has 0 radical (unpaired) electrons. The summed E-state index contributed by atoms with van der Waals surface area (Å²) in [5, 5.41) is 0. The molecular weight excluding hydrogens is 793 g/mol. The Labute approximate surface area is 398 Å². The van der Waals surface area contributed by atoms with Crippen LogP contribution in [0.1, 0.15) is 310 Å². The minimum atomic E-state index is -0.769. The van der Waals surface area contributed by atoms with E-state index in [1.807, 2.05) is 0 Å². The number of allylic oxidation sites excluding steroid dienone is 4. The van der Waals surface area contributed by atoms with E-state index in [-0.39, 0.29) is 31.1 Å². The third-order valence-corrected chi connectivity index (χ3v) is 12.7. The molecule has 0 aliphatic rings. The van der Waals surface area contributed by atoms with Gasteiger partial charge in [0, 0.05) is 19.3 Å². The highest BCUT2D eigenvalue weighted by atomic mass is 16.6. The van der Waals surface area contributed by atoms with Crippen LogP contribution in [0.4, 0.5) is 0 Å². The lowest BCUT2D eigenvalue weighted by Gasteiger charge is -2.18. The van der Waals surface area contributed by atoms with Gasteiger partial charge in [0.25, 0.3) is 0 Å². The van der Waals surface area contributed by atoms with Gasteiger partial charge in [-0.1, -0.05) is 263 Å². The van der Waals surface area contributed by atoms with E-state index in [1.54, 1.807) is 0 Å². The standard InChI is InChI=1S/C58H108O6/c1-4-7-10-13-16-18-20-22-24-26-27-28-29-30-32-33-35-37-39-42-45-48-51-57(60)63-54-55(53-62-56(59)50-47-44-41-15-12-9-6-3)64-58(61)52-49-46-43-40-38-36-34-31-25-23-21-19-17-14-11-8-5-2/h17,19,23,25,55H,4-16,18,20-22,24,26-54H2,1-3H3/b19-17-,25-23-. The van der Waals surface area contributed by atoms with Crippen LogP contribution in [0.3, 0.4) is 0 Å². The van der Waals surface area contributed by atoms with Crippen molar-refractivity contribution in [3.8, 4) is 0 Å². The second-order valence-electron chi connectivity index (χ2n) is 19.2. The fraction of sp³-hybridized carbons (Fsp3) is 0.879. The van der Waals surface area contributed by atoms with E-state index in [0.717, 1.165) is 70.6 Å². The molecule has 0 aromatic rings. The van der Waals surface area contributed by atoms with Crippen LogP contribution in [-0.2, 0) is 28.6 Å². The SMILES string of the molecule is CCCCC/C=C\C/C=C\CCCCCCCCCC(=O)OC(COC(=O)CCCCCCCCC)COC(=O)CCCCCCCCCCCCCCCCCCCCCCCC. The van der Waals surface area contributed by atoms with Crippen LogP contribution in [0.25, 0.3) is 0 Å². The molecule has 0 N–H and O–H groups in total. The highest BCUT2D eigenvalue weighted by Gasteiger charge is 2.19. The Morgan fingerprint density at radius 3 is 0.891 bits per heavy atom. The van der Waals surface area contributed by atoms with Crippen molar-refractivity contribution < 1.29 is 28.6 Å². The van der Waals surface area contributed by atoms with E-state index in [4.69, 9.17) is 14.2 Å². The van der Waals surface area contributed by atoms with Crippen LogP contribution < -0.4 is 0 Å². The molecule has 6 heteroatoms. The van der Waals surface area contributed by atoms with Crippen LogP contribution in [0, 0.1) is 0 Å². The molecule has 0 fully saturated rings. The zero-order valence-corrected chi connectivity index (χ0v) is 43.1. The summed E-state index contributed by atoms with van der Waals surface area (Å²) in [4.78, 5) is 37.9. The Bertz CT molecular complexity index is 1040. The van der Waals surface area contributed by atoms with Gasteiger partial charge in [0.2, 0.25) is 0 Å². The minimum absolute atomic E-state index is 0.0699. The molecule has 0 aliphatic carbocycles. The molecule has 376 valence electrons. The van der Waals surface area contributed by atoms with Gasteiger partial charge in [-0.3, -0.25) is 14.4 Å². The van der Waals surface area contributed by atoms with E-state index < -0.39 is 6.10 Å². The van der Waals surface area contributed by atoms with Crippen molar-refractivity contribution in [2.45, 2.75) is 316 Å². The first-order valence-electron chi connectivity index (χ1n) is 28.3. The maximum Gasteiger partial charge on any atom is 0.306 e. The zero-order valence-electron chi connectivity index (χ0n) is 43.1. The van der Waals surface area contributed by atoms with Crippen LogP contribution in [0.5, 0.6) is 0 Å². The molecule has 0 amide bonds. The Morgan fingerprint density at radius 2 is 0.562 bits per heavy atom. The van der Waals surface area contributed by atoms with Crippen LogP contribution >= 0.6 is 0 Å². The molecule has 0 heterocycles. The Morgan fingerprint density at radius 1 is 0.312 bits per heavy atom. The second kappa shape index (κ2) is 53.5. The molecule has 64 heavy (non-hydrogen) atoms. The van der Waals surface area contributed by atoms with Crippen molar-refractivity contribution >= 4 is 17.9 Å². The number of esters is 3. The number of hydrogen-bond acceptors (Lipinski definition) is 6. The highest BCUT2D eigenvalue weighted by Crippen LogP contribution is 2.17. The van der Waals surface area contributed by atoms with Crippen molar-refractivity contribution in [2.24, 2.45) is 0 Å². The lowest BCUT2D eigenvalue weighted by Crippen LogP contribution is -2.30. The number of unbranched alkanes of at least 4 members (excludes halogenated alkanes) is 37. The van der Waals surface area contributed by atoms with E-state index in [1.165, 1.54) is 199 Å². The molecule has 0 aromatic carbocycles. The minimum Gasteiger partial charge on any atom is -0.462 e. The topological polar surface area (TPSA) is 78.9 Å². The zero-order chi connectivity index (χ0) is 46.5. The molecule has 0 saturated carbocycles. The van der Waals surface area contributed by atoms with Gasteiger partial charge in [0.05, 0.1) is 0 Å². The van der Waals surface area contributed by atoms with E-state index >= 15 is 0 Å². The van der Waals surface area contributed by atoms with Gasteiger partial charge in [-0.15, -0.1) is 0 Å². The van der Waals surface area contributed by atoms with Crippen molar-refractivity contribution in [1.82, 2.24) is 0 Å². The maximum absolute atomic E-state index is 12.8. The first-order valence-corrected chi connectivity index (χ1v) is 28.3. The average molecular weight is 901 g/mol. The number of carbonyl (C=O) groups is 3. The van der Waals surface area contributed by atoms with Gasteiger partial charge in [0.1, 0.15) is 13.2 Å². The van der Waals surface area contributed by atoms with Gasteiger partial charge in [-0.25, -0.2) is 0 Å². The third-order valence-electron chi connectivity index (χ3n) is 12.7. The van der Waals surface area contributed by atoms with E-state index in [2.05, 4.69) is 45.1 Å². The Kier molecular flexibility index (Phi) is 51.7. The van der Waals surface area contributed by atoms with E-state index in [0.29, 0.717) is 19.3 Å². The summed E-state index contributed by atoms with van der Waals surface area (Å²) in [7, 11) is 0.